The molecule has 0 saturated carbocycles. The van der Waals surface area contributed by atoms with Crippen LogP contribution < -0.4 is 4.90 Å². The molecule has 0 spiro atoms. The molecule has 0 atom stereocenters. The fraction of sp³-hybridized carbons (Fsp3) is 0. The van der Waals surface area contributed by atoms with Crippen molar-refractivity contribution < 1.29 is 8.83 Å². The van der Waals surface area contributed by atoms with Gasteiger partial charge < -0.3 is 13.7 Å². The van der Waals surface area contributed by atoms with Crippen molar-refractivity contribution >= 4 is 93.3 Å². The van der Waals surface area contributed by atoms with E-state index in [9.17, 15) is 0 Å². The summed E-state index contributed by atoms with van der Waals surface area (Å²) in [6.07, 6.45) is 0. The van der Waals surface area contributed by atoms with Crippen molar-refractivity contribution in [3.63, 3.8) is 0 Å². The Labute approximate surface area is 328 Å². The maximum atomic E-state index is 7.29. The number of nitrogens with zero attached hydrogens (tertiary/aromatic N) is 1. The molecule has 12 rings (SSSR count). The zero-order valence-electron chi connectivity index (χ0n) is 30.8. The Hall–Kier alpha value is -7.62. The van der Waals surface area contributed by atoms with Crippen molar-refractivity contribution in [1.29, 1.82) is 0 Å². The molecule has 2 aromatic heterocycles. The van der Waals surface area contributed by atoms with Crippen molar-refractivity contribution in [2.45, 2.75) is 0 Å². The molecule has 0 aliphatic carbocycles. The predicted molar refractivity (Wildman–Crippen MR) is 239 cm³/mol. The summed E-state index contributed by atoms with van der Waals surface area (Å²) in [6.45, 7) is 0. The van der Waals surface area contributed by atoms with Gasteiger partial charge in [0.05, 0.1) is 5.69 Å². The van der Waals surface area contributed by atoms with Crippen molar-refractivity contribution in [1.82, 2.24) is 0 Å². The molecule has 10 aromatic carbocycles. The minimum atomic E-state index is 0.845. The molecule has 3 heteroatoms. The molecule has 0 bridgehead atoms. The Balaban J connectivity index is 1.16. The summed E-state index contributed by atoms with van der Waals surface area (Å²) in [7, 11) is 0. The van der Waals surface area contributed by atoms with Gasteiger partial charge in [-0.25, -0.2) is 0 Å². The standard InChI is InChI=1S/C54H33NO2/c1-2-14-35(15-3-1)40-31-32-48-50-45-20-8-6-17-42(45)43-18-7-9-21-46(43)53(50)57-54(48)51(40)55(39-30-25-34-13-4-5-16-37(34)33-39)38-28-26-36(27-29-38)41-22-12-23-47-44-19-10-11-24-49(44)56-52(41)47/h1-33H. The van der Waals surface area contributed by atoms with E-state index in [-0.39, 0.29) is 0 Å². The Morgan fingerprint density at radius 1 is 0.316 bits per heavy atom. The Bertz CT molecular complexity index is 3520. The van der Waals surface area contributed by atoms with Crippen LogP contribution >= 0.6 is 0 Å². The number of hydrogen-bond donors (Lipinski definition) is 0. The van der Waals surface area contributed by atoms with Gasteiger partial charge in [0.25, 0.3) is 0 Å². The summed E-state index contributed by atoms with van der Waals surface area (Å²) < 4.78 is 13.8. The second-order valence-electron chi connectivity index (χ2n) is 14.8. The summed E-state index contributed by atoms with van der Waals surface area (Å²) in [6, 6.07) is 71.4. The second-order valence-corrected chi connectivity index (χ2v) is 14.8. The van der Waals surface area contributed by atoms with E-state index in [0.29, 0.717) is 0 Å². The number of rotatable bonds is 5. The summed E-state index contributed by atoms with van der Waals surface area (Å²) >= 11 is 0. The Morgan fingerprint density at radius 2 is 0.930 bits per heavy atom. The highest BCUT2D eigenvalue weighted by Gasteiger charge is 2.26. The zero-order valence-corrected chi connectivity index (χ0v) is 30.8. The molecule has 0 aliphatic heterocycles. The van der Waals surface area contributed by atoms with E-state index in [2.05, 4.69) is 193 Å². The van der Waals surface area contributed by atoms with Crippen LogP contribution in [0.3, 0.4) is 0 Å². The van der Waals surface area contributed by atoms with Gasteiger partial charge in [0, 0.05) is 49.4 Å². The summed E-state index contributed by atoms with van der Waals surface area (Å²) in [5, 5.41) is 11.5. The third kappa shape index (κ3) is 4.86. The number of hydrogen-bond acceptors (Lipinski definition) is 3. The van der Waals surface area contributed by atoms with Crippen LogP contribution in [0.15, 0.2) is 209 Å². The van der Waals surface area contributed by atoms with Crippen LogP contribution in [0.2, 0.25) is 0 Å². The SMILES string of the molecule is c1ccc(-c2ccc3c(oc4c5ccccc5c5ccccc5c34)c2N(c2ccc(-c3cccc4c3oc3ccccc34)cc2)c2ccc3ccccc3c2)cc1. The Kier molecular flexibility index (Phi) is 6.93. The maximum absolute atomic E-state index is 7.29. The fourth-order valence-electron chi connectivity index (χ4n) is 9.02. The molecule has 0 fully saturated rings. The van der Waals surface area contributed by atoms with Gasteiger partial charge in [0.2, 0.25) is 0 Å². The minimum Gasteiger partial charge on any atom is -0.455 e. The molecule has 0 N–H and O–H groups in total. The zero-order chi connectivity index (χ0) is 37.5. The summed E-state index contributed by atoms with van der Waals surface area (Å²) in [5.74, 6) is 0. The van der Waals surface area contributed by atoms with E-state index in [1.165, 1.54) is 26.9 Å². The summed E-state index contributed by atoms with van der Waals surface area (Å²) in [5.41, 5.74) is 10.9. The lowest BCUT2D eigenvalue weighted by atomic mass is 9.95. The third-order valence-corrected chi connectivity index (χ3v) is 11.6. The van der Waals surface area contributed by atoms with Crippen LogP contribution in [0.1, 0.15) is 0 Å². The lowest BCUT2D eigenvalue weighted by molar-refractivity contribution is 0.670. The van der Waals surface area contributed by atoms with E-state index in [1.54, 1.807) is 0 Å². The second kappa shape index (κ2) is 12.5. The van der Waals surface area contributed by atoms with Crippen molar-refractivity contribution in [3.05, 3.63) is 200 Å². The molecule has 12 aromatic rings. The first-order valence-electron chi connectivity index (χ1n) is 19.4. The normalized spacial score (nSPS) is 11.9. The van der Waals surface area contributed by atoms with Gasteiger partial charge in [-0.05, 0) is 74.5 Å². The number of furan rings is 2. The van der Waals surface area contributed by atoms with E-state index in [4.69, 9.17) is 8.83 Å². The number of para-hydroxylation sites is 2. The molecular formula is C54H33NO2. The molecule has 266 valence electrons. The lowest BCUT2D eigenvalue weighted by Gasteiger charge is -2.28. The van der Waals surface area contributed by atoms with Crippen LogP contribution in [0.4, 0.5) is 17.1 Å². The third-order valence-electron chi connectivity index (χ3n) is 11.6. The van der Waals surface area contributed by atoms with Gasteiger partial charge in [-0.2, -0.15) is 0 Å². The first-order valence-corrected chi connectivity index (χ1v) is 19.4. The van der Waals surface area contributed by atoms with Crippen LogP contribution in [0.5, 0.6) is 0 Å². The highest BCUT2D eigenvalue weighted by atomic mass is 16.3. The molecule has 0 unspecified atom stereocenters. The minimum absolute atomic E-state index is 0.845. The molecule has 0 saturated heterocycles. The van der Waals surface area contributed by atoms with Gasteiger partial charge in [-0.3, -0.25) is 0 Å². The average molecular weight is 728 g/mol. The highest BCUT2D eigenvalue weighted by molar-refractivity contribution is 6.31. The van der Waals surface area contributed by atoms with Crippen LogP contribution in [-0.2, 0) is 0 Å². The van der Waals surface area contributed by atoms with Crippen molar-refractivity contribution in [2.75, 3.05) is 4.90 Å². The smallest absolute Gasteiger partial charge is 0.160 e. The topological polar surface area (TPSA) is 29.5 Å². The average Bonchev–Trinajstić information content (AvgIpc) is 3.87. The van der Waals surface area contributed by atoms with Crippen LogP contribution in [-0.4, -0.2) is 0 Å². The van der Waals surface area contributed by atoms with Crippen LogP contribution in [0.25, 0.3) is 98.4 Å². The van der Waals surface area contributed by atoms with Gasteiger partial charge in [-0.1, -0.05) is 164 Å². The van der Waals surface area contributed by atoms with E-state index < -0.39 is 0 Å². The van der Waals surface area contributed by atoms with Gasteiger partial charge in [0.1, 0.15) is 16.7 Å². The summed E-state index contributed by atoms with van der Waals surface area (Å²) in [4.78, 5) is 2.38. The quantitative estimate of drug-likeness (QED) is 0.165. The van der Waals surface area contributed by atoms with Gasteiger partial charge >= 0.3 is 0 Å². The molecule has 3 nitrogen and oxygen atoms in total. The van der Waals surface area contributed by atoms with Crippen LogP contribution in [0, 0.1) is 0 Å². The number of benzene rings is 10. The molecule has 0 aliphatic rings. The van der Waals surface area contributed by atoms with Crippen molar-refractivity contribution in [3.8, 4) is 22.3 Å². The number of anilines is 3. The monoisotopic (exact) mass is 727 g/mol. The lowest BCUT2D eigenvalue weighted by Crippen LogP contribution is -2.11. The molecule has 0 amide bonds. The largest absolute Gasteiger partial charge is 0.455 e. The first-order chi connectivity index (χ1) is 28.3. The van der Waals surface area contributed by atoms with Gasteiger partial charge in [-0.15, -0.1) is 0 Å². The highest BCUT2D eigenvalue weighted by Crippen LogP contribution is 2.50. The molecule has 57 heavy (non-hydrogen) atoms. The maximum Gasteiger partial charge on any atom is 0.160 e. The molecule has 2 heterocycles. The Morgan fingerprint density at radius 3 is 1.75 bits per heavy atom. The number of fused-ring (bicyclic) bond motifs is 12. The van der Waals surface area contributed by atoms with E-state index in [1.807, 2.05) is 12.1 Å². The first kappa shape index (κ1) is 31.7. The molecule has 0 radical (unpaired) electrons. The van der Waals surface area contributed by atoms with Crippen molar-refractivity contribution in [2.24, 2.45) is 0 Å². The van der Waals surface area contributed by atoms with E-state index in [0.717, 1.165) is 88.6 Å². The molecular weight excluding hydrogens is 695 g/mol. The predicted octanol–water partition coefficient (Wildman–Crippen LogP) is 15.7. The fourth-order valence-corrected chi connectivity index (χ4v) is 9.02. The van der Waals surface area contributed by atoms with E-state index >= 15 is 0 Å². The van der Waals surface area contributed by atoms with Gasteiger partial charge in [0.15, 0.2) is 5.58 Å².